The molecule has 0 bridgehead atoms. The molecule has 0 spiro atoms. The van der Waals surface area contributed by atoms with Crippen molar-refractivity contribution in [2.45, 2.75) is 19.3 Å². The molecule has 1 aliphatic carbocycles. The number of nitrogens with zero attached hydrogens (tertiary/aromatic N) is 1. The Hall–Kier alpha value is -5.66. The number of anilines is 3. The van der Waals surface area contributed by atoms with Gasteiger partial charge in [0.2, 0.25) is 0 Å². The zero-order chi connectivity index (χ0) is 31.1. The molecule has 0 N–H and O–H groups in total. The SMILES string of the molecule is CC1(C)c2ccc(N(c3ccccc3)c3cc(-c4ccccc4)cc(-c4ccccc4)c3)cc2-c2c(-c3ccccc3)cccc21. The number of rotatable bonds is 6. The van der Waals surface area contributed by atoms with Crippen LogP contribution in [0.3, 0.4) is 0 Å². The van der Waals surface area contributed by atoms with Gasteiger partial charge in [-0.1, -0.05) is 147 Å². The van der Waals surface area contributed by atoms with Crippen molar-refractivity contribution in [3.8, 4) is 44.5 Å². The van der Waals surface area contributed by atoms with Gasteiger partial charge < -0.3 is 4.90 Å². The molecular weight excluding hydrogens is 555 g/mol. The zero-order valence-corrected chi connectivity index (χ0v) is 26.2. The molecule has 0 aliphatic heterocycles. The van der Waals surface area contributed by atoms with E-state index < -0.39 is 0 Å². The van der Waals surface area contributed by atoms with Gasteiger partial charge in [0.15, 0.2) is 0 Å². The van der Waals surface area contributed by atoms with Crippen LogP contribution in [0.1, 0.15) is 25.0 Å². The lowest BCUT2D eigenvalue weighted by molar-refractivity contribution is 0.660. The lowest BCUT2D eigenvalue weighted by Gasteiger charge is -2.28. The molecule has 46 heavy (non-hydrogen) atoms. The standard InChI is InChI=1S/C45H35N/c1-45(2)42-27-26-38(31-41(42)44-40(24-15-25-43(44)45)34-20-11-5-12-21-34)46(37-22-13-6-14-23-37)39-29-35(32-16-7-3-8-17-32)28-36(30-39)33-18-9-4-10-19-33/h3-31H,1-2H3. The Labute approximate surface area is 272 Å². The quantitative estimate of drug-likeness (QED) is 0.186. The number of hydrogen-bond acceptors (Lipinski definition) is 1. The van der Waals surface area contributed by atoms with Crippen LogP contribution in [0, 0.1) is 0 Å². The first-order chi connectivity index (χ1) is 22.6. The fourth-order valence-corrected chi connectivity index (χ4v) is 7.15. The molecular formula is C45H35N. The highest BCUT2D eigenvalue weighted by Gasteiger charge is 2.37. The molecule has 8 rings (SSSR count). The molecule has 0 heterocycles. The molecule has 0 fully saturated rings. The molecule has 7 aromatic rings. The number of benzene rings is 7. The summed E-state index contributed by atoms with van der Waals surface area (Å²) in [6.07, 6.45) is 0. The van der Waals surface area contributed by atoms with Crippen LogP contribution in [-0.4, -0.2) is 0 Å². The average molecular weight is 590 g/mol. The van der Waals surface area contributed by atoms with Crippen molar-refractivity contribution in [2.24, 2.45) is 0 Å². The molecule has 0 aromatic heterocycles. The van der Waals surface area contributed by atoms with E-state index in [0.29, 0.717) is 0 Å². The van der Waals surface area contributed by atoms with E-state index in [-0.39, 0.29) is 5.41 Å². The normalized spacial score (nSPS) is 12.7. The van der Waals surface area contributed by atoms with Crippen LogP contribution < -0.4 is 4.90 Å². The van der Waals surface area contributed by atoms with Gasteiger partial charge in [0.1, 0.15) is 0 Å². The maximum atomic E-state index is 2.42. The van der Waals surface area contributed by atoms with Crippen LogP contribution in [-0.2, 0) is 5.41 Å². The van der Waals surface area contributed by atoms with Crippen LogP contribution in [0.4, 0.5) is 17.1 Å². The van der Waals surface area contributed by atoms with Gasteiger partial charge in [0, 0.05) is 22.5 Å². The van der Waals surface area contributed by atoms with E-state index in [2.05, 4.69) is 195 Å². The summed E-state index contributed by atoms with van der Waals surface area (Å²) in [5, 5.41) is 0. The summed E-state index contributed by atoms with van der Waals surface area (Å²) in [7, 11) is 0. The molecule has 1 heteroatoms. The van der Waals surface area contributed by atoms with E-state index in [1.807, 2.05) is 0 Å². The van der Waals surface area contributed by atoms with Crippen LogP contribution in [0.25, 0.3) is 44.5 Å². The second-order valence-electron chi connectivity index (χ2n) is 12.6. The number of para-hydroxylation sites is 1. The Bertz CT molecular complexity index is 2090. The van der Waals surface area contributed by atoms with Crippen molar-refractivity contribution in [3.05, 3.63) is 187 Å². The summed E-state index contributed by atoms with van der Waals surface area (Å²) in [5.41, 5.74) is 16.0. The second-order valence-corrected chi connectivity index (χ2v) is 12.6. The largest absolute Gasteiger partial charge is 0.310 e. The highest BCUT2D eigenvalue weighted by Crippen LogP contribution is 2.53. The molecule has 0 atom stereocenters. The minimum Gasteiger partial charge on any atom is -0.310 e. The molecule has 0 saturated heterocycles. The monoisotopic (exact) mass is 589 g/mol. The van der Waals surface area contributed by atoms with Crippen molar-refractivity contribution >= 4 is 17.1 Å². The highest BCUT2D eigenvalue weighted by molar-refractivity contribution is 5.95. The minimum atomic E-state index is -0.0979. The smallest absolute Gasteiger partial charge is 0.0473 e. The van der Waals surface area contributed by atoms with Gasteiger partial charge in [-0.25, -0.2) is 0 Å². The molecule has 0 saturated carbocycles. The summed E-state index contributed by atoms with van der Waals surface area (Å²) >= 11 is 0. The first-order valence-corrected chi connectivity index (χ1v) is 16.0. The van der Waals surface area contributed by atoms with Gasteiger partial charge in [0.25, 0.3) is 0 Å². The fourth-order valence-electron chi connectivity index (χ4n) is 7.15. The Kier molecular flexibility index (Phi) is 6.88. The van der Waals surface area contributed by atoms with Crippen LogP contribution in [0.15, 0.2) is 176 Å². The van der Waals surface area contributed by atoms with Crippen LogP contribution >= 0.6 is 0 Å². The lowest BCUT2D eigenvalue weighted by Crippen LogP contribution is -2.15. The first kappa shape index (κ1) is 27.9. The lowest BCUT2D eigenvalue weighted by atomic mass is 9.82. The maximum absolute atomic E-state index is 2.42. The number of fused-ring (bicyclic) bond motifs is 3. The molecule has 0 radical (unpaired) electrons. The van der Waals surface area contributed by atoms with Gasteiger partial charge in [-0.05, 0) is 98.1 Å². The van der Waals surface area contributed by atoms with Crippen LogP contribution in [0.5, 0.6) is 0 Å². The van der Waals surface area contributed by atoms with Crippen LogP contribution in [0.2, 0.25) is 0 Å². The van der Waals surface area contributed by atoms with Crippen molar-refractivity contribution in [2.75, 3.05) is 4.90 Å². The van der Waals surface area contributed by atoms with E-state index in [1.165, 1.54) is 55.6 Å². The van der Waals surface area contributed by atoms with Crippen molar-refractivity contribution in [1.82, 2.24) is 0 Å². The zero-order valence-electron chi connectivity index (χ0n) is 26.2. The van der Waals surface area contributed by atoms with Gasteiger partial charge in [-0.15, -0.1) is 0 Å². The van der Waals surface area contributed by atoms with Gasteiger partial charge in [-0.3, -0.25) is 0 Å². The van der Waals surface area contributed by atoms with E-state index in [9.17, 15) is 0 Å². The Morgan fingerprint density at radius 1 is 0.348 bits per heavy atom. The molecule has 220 valence electrons. The van der Waals surface area contributed by atoms with Crippen molar-refractivity contribution in [1.29, 1.82) is 0 Å². The second kappa shape index (κ2) is 11.4. The third-order valence-electron chi connectivity index (χ3n) is 9.43. The summed E-state index contributed by atoms with van der Waals surface area (Å²) in [4.78, 5) is 2.41. The Morgan fingerprint density at radius 2 is 0.891 bits per heavy atom. The van der Waals surface area contributed by atoms with Gasteiger partial charge >= 0.3 is 0 Å². The Morgan fingerprint density at radius 3 is 1.48 bits per heavy atom. The summed E-state index contributed by atoms with van der Waals surface area (Å²) < 4.78 is 0. The van der Waals surface area contributed by atoms with E-state index in [0.717, 1.165) is 17.1 Å². The predicted octanol–water partition coefficient (Wildman–Crippen LogP) is 12.5. The highest BCUT2D eigenvalue weighted by atomic mass is 15.1. The van der Waals surface area contributed by atoms with Crippen molar-refractivity contribution < 1.29 is 0 Å². The van der Waals surface area contributed by atoms with Gasteiger partial charge in [-0.2, -0.15) is 0 Å². The third kappa shape index (κ3) is 4.82. The van der Waals surface area contributed by atoms with E-state index >= 15 is 0 Å². The average Bonchev–Trinajstić information content (AvgIpc) is 3.35. The Balaban J connectivity index is 1.36. The van der Waals surface area contributed by atoms with Crippen molar-refractivity contribution in [3.63, 3.8) is 0 Å². The van der Waals surface area contributed by atoms with E-state index in [1.54, 1.807) is 0 Å². The fraction of sp³-hybridized carbons (Fsp3) is 0.0667. The molecule has 1 nitrogen and oxygen atoms in total. The molecule has 7 aromatic carbocycles. The van der Waals surface area contributed by atoms with E-state index in [4.69, 9.17) is 0 Å². The summed E-state index contributed by atoms with van der Waals surface area (Å²) in [6, 6.07) is 63.8. The molecule has 1 aliphatic rings. The number of hydrogen-bond donors (Lipinski definition) is 0. The van der Waals surface area contributed by atoms with Gasteiger partial charge in [0.05, 0.1) is 0 Å². The summed E-state index contributed by atoms with van der Waals surface area (Å²) in [6.45, 7) is 4.72. The summed E-state index contributed by atoms with van der Waals surface area (Å²) in [5.74, 6) is 0. The molecule has 0 unspecified atom stereocenters. The maximum Gasteiger partial charge on any atom is 0.0473 e. The first-order valence-electron chi connectivity index (χ1n) is 16.0. The third-order valence-corrected chi connectivity index (χ3v) is 9.43. The minimum absolute atomic E-state index is 0.0979. The predicted molar refractivity (Wildman–Crippen MR) is 195 cm³/mol. The molecule has 0 amide bonds. The topological polar surface area (TPSA) is 3.24 Å².